The van der Waals surface area contributed by atoms with Crippen molar-refractivity contribution in [1.29, 1.82) is 0 Å². The van der Waals surface area contributed by atoms with Gasteiger partial charge in [0.15, 0.2) is 0 Å². The monoisotopic (exact) mass is 307 g/mol. The Labute approximate surface area is 135 Å². The molecule has 1 aliphatic heterocycles. The zero-order chi connectivity index (χ0) is 15.6. The fraction of sp³-hybridized carbons (Fsp3) is 0.944. The maximum Gasteiger partial charge on any atom is 0.227 e. The van der Waals surface area contributed by atoms with Crippen molar-refractivity contribution in [2.75, 3.05) is 26.2 Å². The van der Waals surface area contributed by atoms with Crippen LogP contribution in [0.25, 0.3) is 0 Å². The molecule has 0 aromatic carbocycles. The fourth-order valence-electron chi connectivity index (χ4n) is 4.78. The standard InChI is InChI=1S/C18H33N3O/c1-18(19)10-5-4-9-16(18)17(22)21-12-6-11-20(13-14-21)15-7-2-3-8-15/h15-16H,2-14,19H2,1H3. The summed E-state index contributed by atoms with van der Waals surface area (Å²) in [5.41, 5.74) is 6.14. The molecular formula is C18H33N3O. The summed E-state index contributed by atoms with van der Waals surface area (Å²) in [4.78, 5) is 17.7. The van der Waals surface area contributed by atoms with E-state index in [0.29, 0.717) is 5.91 Å². The van der Waals surface area contributed by atoms with Gasteiger partial charge in [0, 0.05) is 37.8 Å². The molecule has 1 saturated heterocycles. The third kappa shape index (κ3) is 3.48. The molecule has 22 heavy (non-hydrogen) atoms. The van der Waals surface area contributed by atoms with Crippen LogP contribution in [0.4, 0.5) is 0 Å². The van der Waals surface area contributed by atoms with E-state index < -0.39 is 0 Å². The maximum atomic E-state index is 13.0. The number of nitrogens with two attached hydrogens (primary N) is 1. The minimum absolute atomic E-state index is 0.0410. The van der Waals surface area contributed by atoms with Crippen LogP contribution < -0.4 is 5.73 Å². The second-order valence-corrected chi connectivity index (χ2v) is 7.96. The zero-order valence-electron chi connectivity index (χ0n) is 14.2. The number of hydrogen-bond donors (Lipinski definition) is 1. The molecule has 0 aromatic rings. The van der Waals surface area contributed by atoms with Crippen LogP contribution in [0, 0.1) is 5.92 Å². The summed E-state index contributed by atoms with van der Waals surface area (Å²) in [7, 11) is 0. The Morgan fingerprint density at radius 3 is 2.41 bits per heavy atom. The largest absolute Gasteiger partial charge is 0.341 e. The molecule has 2 N–H and O–H groups in total. The van der Waals surface area contributed by atoms with E-state index in [4.69, 9.17) is 5.73 Å². The molecule has 0 aromatic heterocycles. The van der Waals surface area contributed by atoms with Gasteiger partial charge in [0.05, 0.1) is 5.92 Å². The van der Waals surface area contributed by atoms with E-state index in [2.05, 4.69) is 16.7 Å². The molecule has 2 unspecified atom stereocenters. The van der Waals surface area contributed by atoms with Crippen LogP contribution in [0.1, 0.15) is 64.7 Å². The highest BCUT2D eigenvalue weighted by Crippen LogP contribution is 2.33. The maximum absolute atomic E-state index is 13.0. The minimum Gasteiger partial charge on any atom is -0.341 e. The first kappa shape index (κ1) is 16.3. The van der Waals surface area contributed by atoms with Gasteiger partial charge in [-0.05, 0) is 39.0 Å². The molecule has 3 aliphatic rings. The van der Waals surface area contributed by atoms with E-state index >= 15 is 0 Å². The molecule has 1 heterocycles. The van der Waals surface area contributed by atoms with Gasteiger partial charge in [-0.3, -0.25) is 9.69 Å². The van der Waals surface area contributed by atoms with Gasteiger partial charge in [0.1, 0.15) is 0 Å². The molecule has 0 radical (unpaired) electrons. The first-order valence-electron chi connectivity index (χ1n) is 9.40. The second kappa shape index (κ2) is 6.88. The van der Waals surface area contributed by atoms with Crippen molar-refractivity contribution in [2.45, 2.75) is 76.3 Å². The number of carbonyl (C=O) groups excluding carboxylic acids is 1. The van der Waals surface area contributed by atoms with Gasteiger partial charge in [-0.25, -0.2) is 0 Å². The van der Waals surface area contributed by atoms with Gasteiger partial charge in [-0.1, -0.05) is 25.7 Å². The summed E-state index contributed by atoms with van der Waals surface area (Å²) in [5, 5.41) is 0. The van der Waals surface area contributed by atoms with Crippen LogP contribution in [0.5, 0.6) is 0 Å². The number of amides is 1. The molecule has 2 atom stereocenters. The van der Waals surface area contributed by atoms with E-state index in [1.165, 1.54) is 38.6 Å². The van der Waals surface area contributed by atoms with Crippen molar-refractivity contribution in [3.8, 4) is 0 Å². The molecule has 3 fully saturated rings. The molecule has 0 bridgehead atoms. The van der Waals surface area contributed by atoms with Crippen LogP contribution in [-0.4, -0.2) is 53.5 Å². The molecule has 1 amide bonds. The average Bonchev–Trinajstić information content (AvgIpc) is 2.91. The lowest BCUT2D eigenvalue weighted by molar-refractivity contribution is -0.138. The number of rotatable bonds is 2. The molecule has 126 valence electrons. The first-order valence-corrected chi connectivity index (χ1v) is 9.40. The SMILES string of the molecule is CC1(N)CCCCC1C(=O)N1CCCN(C2CCCC2)CC1. The van der Waals surface area contributed by atoms with E-state index in [9.17, 15) is 4.79 Å². The van der Waals surface area contributed by atoms with Gasteiger partial charge in [0.2, 0.25) is 5.91 Å². The van der Waals surface area contributed by atoms with Crippen molar-refractivity contribution in [1.82, 2.24) is 9.80 Å². The van der Waals surface area contributed by atoms with Crippen molar-refractivity contribution in [3.63, 3.8) is 0 Å². The van der Waals surface area contributed by atoms with Crippen LogP contribution in [-0.2, 0) is 4.79 Å². The smallest absolute Gasteiger partial charge is 0.227 e. The van der Waals surface area contributed by atoms with Crippen LogP contribution >= 0.6 is 0 Å². The third-order valence-corrected chi connectivity index (χ3v) is 6.24. The summed E-state index contributed by atoms with van der Waals surface area (Å²) in [6.07, 6.45) is 10.9. The highest BCUT2D eigenvalue weighted by molar-refractivity contribution is 5.80. The predicted molar refractivity (Wildman–Crippen MR) is 89.6 cm³/mol. The Morgan fingerprint density at radius 2 is 1.68 bits per heavy atom. The van der Waals surface area contributed by atoms with Gasteiger partial charge in [-0.2, -0.15) is 0 Å². The van der Waals surface area contributed by atoms with Crippen molar-refractivity contribution < 1.29 is 4.79 Å². The minimum atomic E-state index is -0.299. The van der Waals surface area contributed by atoms with E-state index in [-0.39, 0.29) is 11.5 Å². The number of carbonyl (C=O) groups is 1. The lowest BCUT2D eigenvalue weighted by Gasteiger charge is -2.39. The van der Waals surface area contributed by atoms with E-state index in [1.807, 2.05) is 0 Å². The van der Waals surface area contributed by atoms with Gasteiger partial charge < -0.3 is 10.6 Å². The molecule has 0 spiro atoms. The van der Waals surface area contributed by atoms with Crippen LogP contribution in [0.15, 0.2) is 0 Å². The third-order valence-electron chi connectivity index (χ3n) is 6.24. The first-order chi connectivity index (χ1) is 10.6. The predicted octanol–water partition coefficient (Wildman–Crippen LogP) is 2.37. The van der Waals surface area contributed by atoms with Gasteiger partial charge >= 0.3 is 0 Å². The second-order valence-electron chi connectivity index (χ2n) is 7.96. The molecule has 3 rings (SSSR count). The molecule has 4 nitrogen and oxygen atoms in total. The number of hydrogen-bond acceptors (Lipinski definition) is 3. The lowest BCUT2D eigenvalue weighted by Crippen LogP contribution is -2.54. The number of nitrogens with zero attached hydrogens (tertiary/aromatic N) is 2. The summed E-state index contributed by atoms with van der Waals surface area (Å²) in [5.74, 6) is 0.372. The van der Waals surface area contributed by atoms with Crippen molar-refractivity contribution >= 4 is 5.91 Å². The molecule has 2 aliphatic carbocycles. The quantitative estimate of drug-likeness (QED) is 0.852. The summed E-state index contributed by atoms with van der Waals surface area (Å²) in [6, 6.07) is 0.782. The molecular weight excluding hydrogens is 274 g/mol. The Hall–Kier alpha value is -0.610. The van der Waals surface area contributed by atoms with Crippen LogP contribution in [0.2, 0.25) is 0 Å². The average molecular weight is 307 g/mol. The Balaban J connectivity index is 1.59. The Kier molecular flexibility index (Phi) is 5.08. The van der Waals surface area contributed by atoms with Crippen molar-refractivity contribution in [2.24, 2.45) is 11.7 Å². The Bertz CT molecular complexity index is 390. The van der Waals surface area contributed by atoms with E-state index in [1.54, 1.807) is 0 Å². The van der Waals surface area contributed by atoms with Gasteiger partial charge in [0.25, 0.3) is 0 Å². The summed E-state index contributed by atoms with van der Waals surface area (Å²) in [6.45, 7) is 6.14. The van der Waals surface area contributed by atoms with Crippen LogP contribution in [0.3, 0.4) is 0 Å². The highest BCUT2D eigenvalue weighted by Gasteiger charge is 2.40. The Morgan fingerprint density at radius 1 is 0.955 bits per heavy atom. The fourth-order valence-corrected chi connectivity index (χ4v) is 4.78. The summed E-state index contributed by atoms with van der Waals surface area (Å²) >= 11 is 0. The van der Waals surface area contributed by atoms with Crippen molar-refractivity contribution in [3.05, 3.63) is 0 Å². The summed E-state index contributed by atoms with van der Waals surface area (Å²) < 4.78 is 0. The van der Waals surface area contributed by atoms with Gasteiger partial charge in [-0.15, -0.1) is 0 Å². The molecule has 4 heteroatoms. The van der Waals surface area contributed by atoms with E-state index in [0.717, 1.165) is 51.4 Å². The highest BCUT2D eigenvalue weighted by atomic mass is 16.2. The topological polar surface area (TPSA) is 49.6 Å². The zero-order valence-corrected chi connectivity index (χ0v) is 14.2. The molecule has 2 saturated carbocycles. The lowest BCUT2D eigenvalue weighted by atomic mass is 9.74. The normalized spacial score (nSPS) is 35.5.